The fourth-order valence-corrected chi connectivity index (χ4v) is 3.96. The summed E-state index contributed by atoms with van der Waals surface area (Å²) < 4.78 is 9.98. The number of hydrogen-bond acceptors (Lipinski definition) is 9. The van der Waals surface area contributed by atoms with Gasteiger partial charge in [-0.3, -0.25) is 9.59 Å². The van der Waals surface area contributed by atoms with Gasteiger partial charge in [0, 0.05) is 26.2 Å². The van der Waals surface area contributed by atoms with Crippen LogP contribution in [-0.2, 0) is 19.1 Å². The van der Waals surface area contributed by atoms with E-state index in [1.54, 1.807) is 0 Å². The molecule has 0 aromatic carbocycles. The van der Waals surface area contributed by atoms with Crippen molar-refractivity contribution >= 4 is 29.3 Å². The minimum atomic E-state index is -0.152. The van der Waals surface area contributed by atoms with Crippen molar-refractivity contribution in [2.45, 2.75) is 32.6 Å². The van der Waals surface area contributed by atoms with Crippen LogP contribution in [0.4, 0.5) is 17.3 Å². The number of carbonyl (C=O) groups is 2. The first-order valence-corrected chi connectivity index (χ1v) is 9.90. The minimum absolute atomic E-state index is 0.0592. The molecule has 0 atom stereocenters. The van der Waals surface area contributed by atoms with Crippen LogP contribution in [0.2, 0.25) is 0 Å². The SMILES string of the molecule is CCOC(=O)C1CCN(c2ncnc(N3CCC(C(=O)OC)CC3)c2N)CC1. The van der Waals surface area contributed by atoms with Gasteiger partial charge in [-0.15, -0.1) is 0 Å². The maximum atomic E-state index is 11.9. The predicted molar refractivity (Wildman–Crippen MR) is 105 cm³/mol. The van der Waals surface area contributed by atoms with E-state index in [4.69, 9.17) is 15.2 Å². The Morgan fingerprint density at radius 1 is 1.00 bits per heavy atom. The molecule has 0 spiro atoms. The van der Waals surface area contributed by atoms with Crippen molar-refractivity contribution < 1.29 is 19.1 Å². The Morgan fingerprint density at radius 3 is 1.89 bits per heavy atom. The molecule has 28 heavy (non-hydrogen) atoms. The third-order valence-electron chi connectivity index (χ3n) is 5.59. The molecule has 9 heteroatoms. The Hall–Kier alpha value is -2.58. The number of carbonyl (C=O) groups excluding carboxylic acids is 2. The summed E-state index contributed by atoms with van der Waals surface area (Å²) in [6.07, 6.45) is 4.42. The Bertz CT molecular complexity index is 698. The number of piperidine rings is 2. The molecule has 0 bridgehead atoms. The molecule has 0 amide bonds. The first-order chi connectivity index (χ1) is 13.5. The van der Waals surface area contributed by atoms with Crippen LogP contribution in [0.5, 0.6) is 0 Å². The normalized spacial score (nSPS) is 18.8. The summed E-state index contributed by atoms with van der Waals surface area (Å²) in [7, 11) is 1.43. The fourth-order valence-electron chi connectivity index (χ4n) is 3.96. The maximum absolute atomic E-state index is 11.9. The second-order valence-electron chi connectivity index (χ2n) is 7.23. The van der Waals surface area contributed by atoms with Crippen LogP contribution in [0.25, 0.3) is 0 Å². The first-order valence-electron chi connectivity index (χ1n) is 9.90. The zero-order chi connectivity index (χ0) is 20.1. The Balaban J connectivity index is 1.64. The zero-order valence-corrected chi connectivity index (χ0v) is 16.6. The first kappa shape index (κ1) is 20.2. The molecule has 2 aliphatic rings. The van der Waals surface area contributed by atoms with Gasteiger partial charge >= 0.3 is 11.9 Å². The molecule has 3 heterocycles. The number of nitrogen functional groups attached to an aromatic ring is 1. The number of ether oxygens (including phenoxy) is 2. The monoisotopic (exact) mass is 391 g/mol. The lowest BCUT2D eigenvalue weighted by atomic mass is 9.96. The summed E-state index contributed by atoms with van der Waals surface area (Å²) >= 11 is 0. The highest BCUT2D eigenvalue weighted by atomic mass is 16.5. The van der Waals surface area contributed by atoms with Crippen molar-refractivity contribution in [3.8, 4) is 0 Å². The molecule has 0 radical (unpaired) electrons. The molecule has 3 rings (SSSR count). The third-order valence-corrected chi connectivity index (χ3v) is 5.59. The van der Waals surface area contributed by atoms with Crippen molar-refractivity contribution in [3.05, 3.63) is 6.33 Å². The van der Waals surface area contributed by atoms with Crippen molar-refractivity contribution in [2.24, 2.45) is 11.8 Å². The standard InChI is InChI=1S/C19H29N5O4/c1-3-28-19(26)14-6-10-24(11-7-14)17-15(20)16(21-12-22-17)23-8-4-13(5-9-23)18(25)27-2/h12-14H,3-11,20H2,1-2H3. The summed E-state index contributed by atoms with van der Waals surface area (Å²) in [5, 5.41) is 0. The van der Waals surface area contributed by atoms with Gasteiger partial charge in [-0.1, -0.05) is 0 Å². The van der Waals surface area contributed by atoms with E-state index in [1.165, 1.54) is 13.4 Å². The van der Waals surface area contributed by atoms with Crippen LogP contribution in [0.1, 0.15) is 32.6 Å². The number of esters is 2. The average molecular weight is 391 g/mol. The smallest absolute Gasteiger partial charge is 0.309 e. The molecule has 1 aromatic rings. The molecule has 154 valence electrons. The quantitative estimate of drug-likeness (QED) is 0.741. The molecule has 2 fully saturated rings. The van der Waals surface area contributed by atoms with Gasteiger partial charge in [0.2, 0.25) is 0 Å². The van der Waals surface area contributed by atoms with Gasteiger partial charge < -0.3 is 25.0 Å². The van der Waals surface area contributed by atoms with E-state index in [1.807, 2.05) is 6.92 Å². The number of nitrogens with two attached hydrogens (primary N) is 1. The molecule has 2 N–H and O–H groups in total. The van der Waals surface area contributed by atoms with Gasteiger partial charge in [-0.05, 0) is 32.6 Å². The summed E-state index contributed by atoms with van der Waals surface area (Å²) in [6, 6.07) is 0. The number of anilines is 3. The molecular weight excluding hydrogens is 362 g/mol. The number of nitrogens with zero attached hydrogens (tertiary/aromatic N) is 4. The largest absolute Gasteiger partial charge is 0.469 e. The number of hydrogen-bond donors (Lipinski definition) is 1. The van der Waals surface area contributed by atoms with Gasteiger partial charge in [0.15, 0.2) is 11.6 Å². The van der Waals surface area contributed by atoms with Gasteiger partial charge in [0.25, 0.3) is 0 Å². The van der Waals surface area contributed by atoms with Crippen LogP contribution in [0.3, 0.4) is 0 Å². The van der Waals surface area contributed by atoms with Gasteiger partial charge in [0.05, 0.1) is 25.6 Å². The number of aromatic nitrogens is 2. The predicted octanol–water partition coefficient (Wildman–Crippen LogP) is 1.23. The van der Waals surface area contributed by atoms with Crippen molar-refractivity contribution in [2.75, 3.05) is 55.4 Å². The van der Waals surface area contributed by atoms with E-state index >= 15 is 0 Å². The maximum Gasteiger partial charge on any atom is 0.309 e. The van der Waals surface area contributed by atoms with E-state index in [2.05, 4.69) is 19.8 Å². The van der Waals surface area contributed by atoms with Crippen LogP contribution in [0, 0.1) is 11.8 Å². The van der Waals surface area contributed by atoms with Crippen LogP contribution in [-0.4, -0.2) is 61.8 Å². The molecule has 0 unspecified atom stereocenters. The van der Waals surface area contributed by atoms with Crippen molar-refractivity contribution in [1.29, 1.82) is 0 Å². The second-order valence-corrected chi connectivity index (χ2v) is 7.23. The minimum Gasteiger partial charge on any atom is -0.469 e. The summed E-state index contributed by atoms with van der Waals surface area (Å²) in [6.45, 7) is 5.04. The molecule has 9 nitrogen and oxygen atoms in total. The lowest BCUT2D eigenvalue weighted by Crippen LogP contribution is -2.39. The second kappa shape index (κ2) is 9.07. The van der Waals surface area contributed by atoms with Gasteiger partial charge in [0.1, 0.15) is 12.0 Å². The summed E-state index contributed by atoms with van der Waals surface area (Å²) in [5.41, 5.74) is 6.97. The average Bonchev–Trinajstić information content (AvgIpc) is 2.74. The summed E-state index contributed by atoms with van der Waals surface area (Å²) in [5.74, 6) is 1.03. The topological polar surface area (TPSA) is 111 Å². The van der Waals surface area contributed by atoms with Gasteiger partial charge in [-0.2, -0.15) is 0 Å². The summed E-state index contributed by atoms with van der Waals surface area (Å²) in [4.78, 5) is 36.6. The lowest BCUT2D eigenvalue weighted by Gasteiger charge is -2.35. The lowest BCUT2D eigenvalue weighted by molar-refractivity contribution is -0.148. The Kier molecular flexibility index (Phi) is 6.53. The number of methoxy groups -OCH3 is 1. The fraction of sp³-hybridized carbons (Fsp3) is 0.684. The molecule has 0 aliphatic carbocycles. The molecular formula is C19H29N5O4. The molecule has 2 aliphatic heterocycles. The number of rotatable bonds is 5. The molecule has 0 saturated carbocycles. The van der Waals surface area contributed by atoms with E-state index in [9.17, 15) is 9.59 Å². The van der Waals surface area contributed by atoms with E-state index in [-0.39, 0.29) is 23.8 Å². The molecule has 2 saturated heterocycles. The van der Waals surface area contributed by atoms with E-state index in [0.29, 0.717) is 50.1 Å². The highest BCUT2D eigenvalue weighted by Gasteiger charge is 2.30. The van der Waals surface area contributed by atoms with Crippen LogP contribution in [0.15, 0.2) is 6.33 Å². The third kappa shape index (κ3) is 4.28. The van der Waals surface area contributed by atoms with Gasteiger partial charge in [-0.25, -0.2) is 9.97 Å². The zero-order valence-electron chi connectivity index (χ0n) is 16.6. The highest BCUT2D eigenvalue weighted by molar-refractivity contribution is 5.77. The van der Waals surface area contributed by atoms with Crippen LogP contribution >= 0.6 is 0 Å². The Morgan fingerprint density at radius 2 is 1.46 bits per heavy atom. The van der Waals surface area contributed by atoms with Crippen LogP contribution < -0.4 is 15.5 Å². The van der Waals surface area contributed by atoms with Crippen molar-refractivity contribution in [3.63, 3.8) is 0 Å². The van der Waals surface area contributed by atoms with E-state index < -0.39 is 0 Å². The van der Waals surface area contributed by atoms with Crippen molar-refractivity contribution in [1.82, 2.24) is 9.97 Å². The van der Waals surface area contributed by atoms with E-state index in [0.717, 1.165) is 25.7 Å². The molecule has 1 aromatic heterocycles. The highest BCUT2D eigenvalue weighted by Crippen LogP contribution is 2.33. The Labute approximate surface area is 165 Å².